The minimum Gasteiger partial charge on any atom is -0.497 e. The third-order valence-electron chi connectivity index (χ3n) is 3.93. The fourth-order valence-electron chi connectivity index (χ4n) is 2.36. The summed E-state index contributed by atoms with van der Waals surface area (Å²) in [6.45, 7) is 1.88. The molecule has 28 heavy (non-hydrogen) atoms. The molecule has 0 aliphatic carbocycles. The first-order chi connectivity index (χ1) is 13.3. The molecule has 0 unspecified atom stereocenters. The molecular weight excluding hydrogens is 400 g/mol. The lowest BCUT2D eigenvalue weighted by Crippen LogP contribution is -2.26. The maximum atomic E-state index is 12.8. The molecule has 8 nitrogen and oxygen atoms in total. The van der Waals surface area contributed by atoms with E-state index in [1.54, 1.807) is 42.5 Å². The molecule has 0 spiro atoms. The zero-order chi connectivity index (χ0) is 20.3. The quantitative estimate of drug-likeness (QED) is 0.618. The van der Waals surface area contributed by atoms with Gasteiger partial charge >= 0.3 is 0 Å². The number of methoxy groups -OCH3 is 1. The number of sulfonamides is 1. The Morgan fingerprint density at radius 3 is 2.50 bits per heavy atom. The van der Waals surface area contributed by atoms with Crippen LogP contribution in [-0.4, -0.2) is 38.7 Å². The Hall–Kier alpha value is -2.98. The van der Waals surface area contributed by atoms with E-state index in [4.69, 9.17) is 4.74 Å². The summed E-state index contributed by atoms with van der Waals surface area (Å²) in [5.74, 6) is 0.204. The fraction of sp³-hybridized carbons (Fsp3) is 0.167. The van der Waals surface area contributed by atoms with Crippen LogP contribution in [0.25, 0.3) is 0 Å². The van der Waals surface area contributed by atoms with Gasteiger partial charge in [0.15, 0.2) is 0 Å². The number of carbonyl (C=O) groups excluding carboxylic acids is 1. The third kappa shape index (κ3) is 4.12. The van der Waals surface area contributed by atoms with Gasteiger partial charge < -0.3 is 4.74 Å². The lowest BCUT2D eigenvalue weighted by molar-refractivity contribution is 0.102. The van der Waals surface area contributed by atoms with Crippen molar-refractivity contribution in [3.63, 3.8) is 0 Å². The van der Waals surface area contributed by atoms with Crippen molar-refractivity contribution in [1.29, 1.82) is 0 Å². The molecule has 0 fully saturated rings. The van der Waals surface area contributed by atoms with Gasteiger partial charge in [0.1, 0.15) is 5.75 Å². The van der Waals surface area contributed by atoms with E-state index in [9.17, 15) is 13.2 Å². The predicted octanol–water partition coefficient (Wildman–Crippen LogP) is 2.93. The fourth-order valence-corrected chi connectivity index (χ4v) is 4.59. The molecule has 0 atom stereocenters. The molecular formula is C18H18N4O4S2. The molecule has 0 radical (unpaired) electrons. The molecule has 10 heteroatoms. The number of benzene rings is 2. The Morgan fingerprint density at radius 2 is 1.86 bits per heavy atom. The Balaban J connectivity index is 1.77. The second-order valence-electron chi connectivity index (χ2n) is 5.87. The molecule has 0 saturated carbocycles. The summed E-state index contributed by atoms with van der Waals surface area (Å²) in [5, 5.41) is 10.2. The second-order valence-corrected chi connectivity index (χ2v) is 8.99. The van der Waals surface area contributed by atoms with Crippen LogP contribution in [0.3, 0.4) is 0 Å². The molecule has 0 aliphatic rings. The summed E-state index contributed by atoms with van der Waals surface area (Å²) in [6.07, 6.45) is 0. The highest BCUT2D eigenvalue weighted by Gasteiger charge is 2.26. The summed E-state index contributed by atoms with van der Waals surface area (Å²) >= 11 is 0.789. The summed E-state index contributed by atoms with van der Waals surface area (Å²) < 4.78 is 31.6. The monoisotopic (exact) mass is 418 g/mol. The van der Waals surface area contributed by atoms with Crippen LogP contribution in [0.15, 0.2) is 52.9 Å². The lowest BCUT2D eigenvalue weighted by Gasteiger charge is -2.17. The van der Waals surface area contributed by atoms with Crippen LogP contribution in [-0.2, 0) is 10.0 Å². The van der Waals surface area contributed by atoms with E-state index in [0.717, 1.165) is 21.2 Å². The van der Waals surface area contributed by atoms with Crippen molar-refractivity contribution in [2.75, 3.05) is 23.8 Å². The van der Waals surface area contributed by atoms with Gasteiger partial charge in [-0.1, -0.05) is 23.5 Å². The van der Waals surface area contributed by atoms with Gasteiger partial charge in [0.25, 0.3) is 20.3 Å². The van der Waals surface area contributed by atoms with Crippen LogP contribution >= 0.6 is 11.3 Å². The summed E-state index contributed by atoms with van der Waals surface area (Å²) in [5.41, 5.74) is 1.83. The summed E-state index contributed by atoms with van der Waals surface area (Å²) in [4.78, 5) is 12.3. The zero-order valence-electron chi connectivity index (χ0n) is 15.4. The first-order valence-electron chi connectivity index (χ1n) is 8.16. The molecule has 3 rings (SSSR count). The minimum absolute atomic E-state index is 0.0945. The largest absolute Gasteiger partial charge is 0.497 e. The normalized spacial score (nSPS) is 11.1. The Bertz CT molecular complexity index is 1090. The highest BCUT2D eigenvalue weighted by Crippen LogP contribution is 2.27. The number of ether oxygens (including phenoxy) is 1. The van der Waals surface area contributed by atoms with E-state index in [1.165, 1.54) is 14.2 Å². The SMILES string of the molecule is COc1ccc(C(=O)Nc2nnc(S(=O)(=O)N(C)c3cccc(C)c3)s2)cc1. The van der Waals surface area contributed by atoms with E-state index >= 15 is 0 Å². The maximum Gasteiger partial charge on any atom is 0.293 e. The highest BCUT2D eigenvalue weighted by molar-refractivity contribution is 7.94. The molecule has 1 amide bonds. The molecule has 1 N–H and O–H groups in total. The predicted molar refractivity (Wildman–Crippen MR) is 108 cm³/mol. The van der Waals surface area contributed by atoms with Crippen LogP contribution < -0.4 is 14.4 Å². The zero-order valence-corrected chi connectivity index (χ0v) is 17.0. The van der Waals surface area contributed by atoms with Crippen LogP contribution in [0.1, 0.15) is 15.9 Å². The Labute approximate surface area is 166 Å². The van der Waals surface area contributed by atoms with Gasteiger partial charge in [0.2, 0.25) is 5.13 Å². The number of hydrogen-bond acceptors (Lipinski definition) is 7. The van der Waals surface area contributed by atoms with Crippen LogP contribution in [0.5, 0.6) is 5.75 Å². The number of nitrogens with one attached hydrogen (secondary N) is 1. The van der Waals surface area contributed by atoms with E-state index in [1.807, 2.05) is 13.0 Å². The van der Waals surface area contributed by atoms with E-state index in [2.05, 4.69) is 15.5 Å². The number of rotatable bonds is 6. The standard InChI is InChI=1S/C18H18N4O4S2/c1-12-5-4-6-14(11-12)22(2)28(24,25)18-21-20-17(27-18)19-16(23)13-7-9-15(26-3)10-8-13/h4-11H,1-3H3,(H,19,20,23). The van der Waals surface area contributed by atoms with Crippen molar-refractivity contribution in [2.24, 2.45) is 0 Å². The van der Waals surface area contributed by atoms with Gasteiger partial charge in [-0.15, -0.1) is 10.2 Å². The number of anilines is 2. The molecule has 0 bridgehead atoms. The van der Waals surface area contributed by atoms with Gasteiger partial charge in [-0.25, -0.2) is 0 Å². The van der Waals surface area contributed by atoms with Gasteiger partial charge in [-0.3, -0.25) is 14.4 Å². The van der Waals surface area contributed by atoms with Crippen molar-refractivity contribution >= 4 is 38.1 Å². The lowest BCUT2D eigenvalue weighted by atomic mass is 10.2. The van der Waals surface area contributed by atoms with Gasteiger partial charge in [-0.2, -0.15) is 8.42 Å². The van der Waals surface area contributed by atoms with Gasteiger partial charge in [0, 0.05) is 12.6 Å². The molecule has 0 saturated heterocycles. The van der Waals surface area contributed by atoms with E-state index < -0.39 is 15.9 Å². The highest BCUT2D eigenvalue weighted by atomic mass is 32.2. The van der Waals surface area contributed by atoms with Gasteiger partial charge in [0.05, 0.1) is 12.8 Å². The number of hydrogen-bond donors (Lipinski definition) is 1. The first kappa shape index (κ1) is 19.8. The minimum atomic E-state index is -3.89. The van der Waals surface area contributed by atoms with Crippen LogP contribution in [0.2, 0.25) is 0 Å². The van der Waals surface area contributed by atoms with Crippen LogP contribution in [0, 0.1) is 6.92 Å². The average molecular weight is 419 g/mol. The topological polar surface area (TPSA) is 101 Å². The van der Waals surface area contributed by atoms with Crippen molar-refractivity contribution in [3.8, 4) is 5.75 Å². The average Bonchev–Trinajstić information content (AvgIpc) is 3.16. The number of nitrogens with zero attached hydrogens (tertiary/aromatic N) is 3. The maximum absolute atomic E-state index is 12.8. The number of amides is 1. The molecule has 2 aromatic carbocycles. The second kappa shape index (κ2) is 7.95. The number of aromatic nitrogens is 2. The van der Waals surface area contributed by atoms with Crippen molar-refractivity contribution in [2.45, 2.75) is 11.3 Å². The van der Waals surface area contributed by atoms with E-state index in [-0.39, 0.29) is 9.47 Å². The Kier molecular flexibility index (Phi) is 5.61. The van der Waals surface area contributed by atoms with Crippen molar-refractivity contribution in [1.82, 2.24) is 10.2 Å². The summed E-state index contributed by atoms with van der Waals surface area (Å²) in [6, 6.07) is 13.6. The number of aryl methyl sites for hydroxylation is 1. The smallest absolute Gasteiger partial charge is 0.293 e. The van der Waals surface area contributed by atoms with Gasteiger partial charge in [-0.05, 0) is 48.9 Å². The molecule has 146 valence electrons. The number of carbonyl (C=O) groups is 1. The van der Waals surface area contributed by atoms with Crippen molar-refractivity contribution in [3.05, 3.63) is 59.7 Å². The molecule has 0 aliphatic heterocycles. The van der Waals surface area contributed by atoms with E-state index in [0.29, 0.717) is 17.0 Å². The first-order valence-corrected chi connectivity index (χ1v) is 10.4. The Morgan fingerprint density at radius 1 is 1.14 bits per heavy atom. The van der Waals surface area contributed by atoms with Crippen LogP contribution in [0.4, 0.5) is 10.8 Å². The van der Waals surface area contributed by atoms with Crippen molar-refractivity contribution < 1.29 is 17.9 Å². The third-order valence-corrected chi connectivity index (χ3v) is 6.90. The molecule has 3 aromatic rings. The molecule has 1 heterocycles. The molecule has 1 aromatic heterocycles. The summed E-state index contributed by atoms with van der Waals surface area (Å²) in [7, 11) is -0.908.